The van der Waals surface area contributed by atoms with Crippen molar-refractivity contribution in [1.29, 1.82) is 0 Å². The van der Waals surface area contributed by atoms with Gasteiger partial charge >= 0.3 is 6.18 Å². The van der Waals surface area contributed by atoms with Crippen LogP contribution in [0.5, 0.6) is 0 Å². The lowest BCUT2D eigenvalue weighted by molar-refractivity contribution is -0.137. The van der Waals surface area contributed by atoms with Gasteiger partial charge in [0.05, 0.1) is 29.8 Å². The van der Waals surface area contributed by atoms with Crippen molar-refractivity contribution in [2.24, 2.45) is 0 Å². The van der Waals surface area contributed by atoms with Crippen molar-refractivity contribution in [2.45, 2.75) is 6.18 Å². The Bertz CT molecular complexity index is 778. The maximum atomic E-state index is 12.7. The maximum Gasteiger partial charge on any atom is 0.417 e. The molecule has 8 heteroatoms. The molecule has 3 rings (SSSR count). The van der Waals surface area contributed by atoms with Crippen LogP contribution in [0.2, 0.25) is 0 Å². The van der Waals surface area contributed by atoms with E-state index < -0.39 is 11.7 Å². The highest BCUT2D eigenvalue weighted by Crippen LogP contribution is 2.30. The number of halogens is 3. The molecule has 0 radical (unpaired) electrons. The fourth-order valence-corrected chi connectivity index (χ4v) is 1.84. The van der Waals surface area contributed by atoms with Crippen molar-refractivity contribution in [1.82, 2.24) is 19.4 Å². The molecular weight excluding hydrogens is 271 g/mol. The van der Waals surface area contributed by atoms with E-state index in [1.165, 1.54) is 29.1 Å². The lowest BCUT2D eigenvalue weighted by Gasteiger charge is -2.08. The van der Waals surface area contributed by atoms with Gasteiger partial charge in [-0.2, -0.15) is 13.2 Å². The van der Waals surface area contributed by atoms with Crippen LogP contribution < -0.4 is 5.73 Å². The predicted octanol–water partition coefficient (Wildman–Crippen LogP) is 2.39. The van der Waals surface area contributed by atoms with E-state index in [1.54, 1.807) is 0 Å². The van der Waals surface area contributed by atoms with Crippen molar-refractivity contribution < 1.29 is 13.2 Å². The Morgan fingerprint density at radius 2 is 1.90 bits per heavy atom. The number of aromatic nitrogens is 4. The topological polar surface area (TPSA) is 69.1 Å². The summed E-state index contributed by atoms with van der Waals surface area (Å²) in [6.07, 6.45) is 0.756. The Kier molecular flexibility index (Phi) is 2.60. The molecule has 0 spiro atoms. The fourth-order valence-electron chi connectivity index (χ4n) is 1.84. The molecule has 3 heterocycles. The van der Waals surface area contributed by atoms with E-state index in [4.69, 9.17) is 5.73 Å². The van der Waals surface area contributed by atoms with Crippen LogP contribution in [0.25, 0.3) is 17.0 Å². The largest absolute Gasteiger partial charge is 0.417 e. The third-order valence-electron chi connectivity index (χ3n) is 2.75. The van der Waals surface area contributed by atoms with Gasteiger partial charge in [0.25, 0.3) is 0 Å². The summed E-state index contributed by atoms with van der Waals surface area (Å²) in [5.74, 6) is 0.185. The van der Waals surface area contributed by atoms with Crippen molar-refractivity contribution >= 4 is 11.5 Å². The first-order valence-corrected chi connectivity index (χ1v) is 5.57. The summed E-state index contributed by atoms with van der Waals surface area (Å²) in [7, 11) is 0. The molecule has 3 aromatic heterocycles. The first-order valence-electron chi connectivity index (χ1n) is 5.57. The second-order valence-corrected chi connectivity index (χ2v) is 4.12. The quantitative estimate of drug-likeness (QED) is 0.742. The van der Waals surface area contributed by atoms with Gasteiger partial charge in [-0.1, -0.05) is 0 Å². The highest BCUT2D eigenvalue weighted by atomic mass is 19.4. The molecule has 0 aromatic carbocycles. The van der Waals surface area contributed by atoms with Crippen molar-refractivity contribution in [3.8, 4) is 11.4 Å². The molecule has 2 N–H and O–H groups in total. The predicted molar refractivity (Wildman–Crippen MR) is 65.6 cm³/mol. The second kappa shape index (κ2) is 4.19. The Morgan fingerprint density at radius 1 is 1.10 bits per heavy atom. The van der Waals surface area contributed by atoms with Gasteiger partial charge in [-0.05, 0) is 12.1 Å². The lowest BCUT2D eigenvalue weighted by atomic mass is 10.2. The molecular formula is C12H8F3N5. The number of nitrogen functional groups attached to an aromatic ring is 1. The summed E-state index contributed by atoms with van der Waals surface area (Å²) in [4.78, 5) is 11.9. The normalized spacial score (nSPS) is 11.9. The van der Waals surface area contributed by atoms with Gasteiger partial charge in [0.15, 0.2) is 0 Å². The third kappa shape index (κ3) is 2.04. The number of alkyl halides is 3. The number of hydrogen-bond donors (Lipinski definition) is 1. The van der Waals surface area contributed by atoms with Gasteiger partial charge in [-0.3, -0.25) is 9.38 Å². The van der Waals surface area contributed by atoms with Gasteiger partial charge in [-0.25, -0.2) is 9.97 Å². The number of anilines is 1. The molecule has 0 saturated carbocycles. The first kappa shape index (κ1) is 12.4. The standard InChI is InChI=1S/C12H8F3N5/c13-12(14,15)7-1-2-11-18-4-9(20(11)6-7)8-3-17-5-10(16)19-8/h1-6H,(H2,16,19). The summed E-state index contributed by atoms with van der Waals surface area (Å²) < 4.78 is 39.5. The molecule has 0 fully saturated rings. The number of imidazole rings is 1. The molecule has 3 aromatic rings. The molecule has 0 aliphatic rings. The van der Waals surface area contributed by atoms with Gasteiger partial charge in [0, 0.05) is 6.20 Å². The van der Waals surface area contributed by atoms with Crippen LogP contribution in [0.4, 0.5) is 19.0 Å². The van der Waals surface area contributed by atoms with Gasteiger partial charge in [-0.15, -0.1) is 0 Å². The van der Waals surface area contributed by atoms with E-state index in [0.717, 1.165) is 12.3 Å². The van der Waals surface area contributed by atoms with Crippen LogP contribution >= 0.6 is 0 Å². The summed E-state index contributed by atoms with van der Waals surface area (Å²) in [6.45, 7) is 0. The SMILES string of the molecule is Nc1cncc(-c2cnc3ccc(C(F)(F)F)cn23)n1. The van der Waals surface area contributed by atoms with E-state index in [1.807, 2.05) is 0 Å². The van der Waals surface area contributed by atoms with E-state index in [-0.39, 0.29) is 5.82 Å². The average Bonchev–Trinajstić information content (AvgIpc) is 2.80. The van der Waals surface area contributed by atoms with Crippen LogP contribution in [0.1, 0.15) is 5.56 Å². The van der Waals surface area contributed by atoms with Crippen LogP contribution in [-0.4, -0.2) is 19.4 Å². The Morgan fingerprint density at radius 3 is 2.60 bits per heavy atom. The molecule has 20 heavy (non-hydrogen) atoms. The second-order valence-electron chi connectivity index (χ2n) is 4.12. The van der Waals surface area contributed by atoms with Crippen molar-refractivity contribution in [2.75, 3.05) is 5.73 Å². The molecule has 0 atom stereocenters. The monoisotopic (exact) mass is 279 g/mol. The summed E-state index contributed by atoms with van der Waals surface area (Å²) >= 11 is 0. The van der Waals surface area contributed by atoms with Crippen LogP contribution in [0.3, 0.4) is 0 Å². The van der Waals surface area contributed by atoms with Crippen LogP contribution in [0.15, 0.2) is 36.9 Å². The van der Waals surface area contributed by atoms with Crippen LogP contribution in [-0.2, 0) is 6.18 Å². The molecule has 0 unspecified atom stereocenters. The summed E-state index contributed by atoms with van der Waals surface area (Å²) in [5, 5.41) is 0. The highest BCUT2D eigenvalue weighted by molar-refractivity contribution is 5.60. The number of fused-ring (bicyclic) bond motifs is 1. The Hall–Kier alpha value is -2.64. The van der Waals surface area contributed by atoms with Crippen LogP contribution in [0, 0.1) is 0 Å². The number of rotatable bonds is 1. The van der Waals surface area contributed by atoms with E-state index in [0.29, 0.717) is 17.0 Å². The molecule has 0 amide bonds. The average molecular weight is 279 g/mol. The van der Waals surface area contributed by atoms with E-state index >= 15 is 0 Å². The molecule has 0 aliphatic carbocycles. The lowest BCUT2D eigenvalue weighted by Crippen LogP contribution is -2.06. The van der Waals surface area contributed by atoms with Crippen molar-refractivity contribution in [3.63, 3.8) is 0 Å². The van der Waals surface area contributed by atoms with E-state index in [9.17, 15) is 13.2 Å². The van der Waals surface area contributed by atoms with Gasteiger partial charge in [0.1, 0.15) is 17.2 Å². The molecule has 0 saturated heterocycles. The number of pyridine rings is 1. The zero-order chi connectivity index (χ0) is 14.3. The molecule has 0 bridgehead atoms. The zero-order valence-electron chi connectivity index (χ0n) is 9.96. The minimum atomic E-state index is -4.42. The maximum absolute atomic E-state index is 12.7. The molecule has 5 nitrogen and oxygen atoms in total. The molecule has 0 aliphatic heterocycles. The Balaban J connectivity index is 2.22. The summed E-state index contributed by atoms with van der Waals surface area (Å²) in [5.41, 5.74) is 5.90. The minimum absolute atomic E-state index is 0.185. The smallest absolute Gasteiger partial charge is 0.382 e. The minimum Gasteiger partial charge on any atom is -0.382 e. The highest BCUT2D eigenvalue weighted by Gasteiger charge is 2.31. The third-order valence-corrected chi connectivity index (χ3v) is 2.75. The number of nitrogens with two attached hydrogens (primary N) is 1. The van der Waals surface area contributed by atoms with Crippen molar-refractivity contribution in [3.05, 3.63) is 42.5 Å². The number of hydrogen-bond acceptors (Lipinski definition) is 4. The summed E-state index contributed by atoms with van der Waals surface area (Å²) in [6, 6.07) is 2.28. The Labute approximate surface area is 110 Å². The zero-order valence-corrected chi connectivity index (χ0v) is 9.96. The first-order chi connectivity index (χ1) is 9.45. The van der Waals surface area contributed by atoms with E-state index in [2.05, 4.69) is 15.0 Å². The van der Waals surface area contributed by atoms with Gasteiger partial charge < -0.3 is 5.73 Å². The fraction of sp³-hybridized carbons (Fsp3) is 0.0833. The van der Waals surface area contributed by atoms with Gasteiger partial charge in [0.2, 0.25) is 0 Å². The number of nitrogens with zero attached hydrogens (tertiary/aromatic N) is 4. The molecule has 102 valence electrons.